The smallest absolute Gasteiger partial charge is 0.329 e. The van der Waals surface area contributed by atoms with Crippen LogP contribution in [0.2, 0.25) is 0 Å². The number of nitrogens with one attached hydrogen (secondary N) is 1. The topological polar surface area (TPSA) is 75.7 Å². The van der Waals surface area contributed by atoms with Crippen LogP contribution < -0.4 is 5.32 Å². The Balaban J connectivity index is 2.81. The van der Waals surface area contributed by atoms with Gasteiger partial charge in [0.15, 0.2) is 0 Å². The number of ether oxygens (including phenoxy) is 1. The highest BCUT2D eigenvalue weighted by Gasteiger charge is 2.32. The number of esters is 1. The van der Waals surface area contributed by atoms with Gasteiger partial charge in [-0.15, -0.1) is 11.8 Å². The summed E-state index contributed by atoms with van der Waals surface area (Å²) in [6.07, 6.45) is 0. The van der Waals surface area contributed by atoms with Gasteiger partial charge in [0.2, 0.25) is 11.8 Å². The molecule has 2 atom stereocenters. The van der Waals surface area contributed by atoms with Gasteiger partial charge in [-0.25, -0.2) is 4.79 Å². The van der Waals surface area contributed by atoms with E-state index < -0.39 is 17.6 Å². The lowest BCUT2D eigenvalue weighted by atomic mass is 10.2. The van der Waals surface area contributed by atoms with Gasteiger partial charge >= 0.3 is 5.97 Å². The maximum absolute atomic E-state index is 13.0. The van der Waals surface area contributed by atoms with E-state index >= 15 is 0 Å². The number of hydrogen-bond acceptors (Lipinski definition) is 5. The van der Waals surface area contributed by atoms with Crippen LogP contribution in [0.4, 0.5) is 0 Å². The third-order valence-electron chi connectivity index (χ3n) is 3.92. The first-order chi connectivity index (χ1) is 13.0. The Hall–Kier alpha value is -2.02. The van der Waals surface area contributed by atoms with Gasteiger partial charge in [-0.2, -0.15) is 0 Å². The molecule has 1 aromatic rings. The summed E-state index contributed by atoms with van der Waals surface area (Å²) < 4.78 is 5.44. The van der Waals surface area contributed by atoms with Gasteiger partial charge in [0.05, 0.1) is 5.25 Å². The number of thioether (sulfide) groups is 1. The number of benzene rings is 1. The van der Waals surface area contributed by atoms with Crippen molar-refractivity contribution in [2.75, 3.05) is 13.1 Å². The molecule has 0 aliphatic rings. The molecule has 0 aliphatic carbocycles. The first-order valence-electron chi connectivity index (χ1n) is 9.44. The lowest BCUT2D eigenvalue weighted by molar-refractivity contribution is -0.163. The van der Waals surface area contributed by atoms with Gasteiger partial charge in [0.1, 0.15) is 11.6 Å². The highest BCUT2D eigenvalue weighted by molar-refractivity contribution is 7.99. The van der Waals surface area contributed by atoms with Crippen molar-refractivity contribution in [2.45, 2.75) is 64.2 Å². The molecule has 1 N–H and O–H groups in total. The van der Waals surface area contributed by atoms with Gasteiger partial charge in [-0.05, 0) is 40.2 Å². The zero-order valence-corrected chi connectivity index (χ0v) is 18.5. The summed E-state index contributed by atoms with van der Waals surface area (Å²) in [5, 5.41) is 2.35. The van der Waals surface area contributed by atoms with E-state index in [1.54, 1.807) is 27.7 Å². The van der Waals surface area contributed by atoms with E-state index in [1.807, 2.05) is 37.3 Å². The lowest BCUT2D eigenvalue weighted by Crippen LogP contribution is -2.50. The minimum atomic E-state index is -0.736. The quantitative estimate of drug-likeness (QED) is 0.636. The van der Waals surface area contributed by atoms with Crippen LogP contribution in [0.25, 0.3) is 0 Å². The second-order valence-corrected chi connectivity index (χ2v) is 8.99. The molecular formula is C21H32N2O4S. The first kappa shape index (κ1) is 24.0. The molecule has 0 fully saturated rings. The standard InChI is InChI=1S/C21H32N2O4S/c1-15(20(26)27-21(4,5)6)23(13-12-22-17(3)24)19(25)16(2)28-14-18-10-8-7-9-11-18/h7-11,15-16H,12-14H2,1-6H3,(H,22,24)/t15-,16+/m1/s1. The summed E-state index contributed by atoms with van der Waals surface area (Å²) in [6, 6.07) is 9.18. The highest BCUT2D eigenvalue weighted by atomic mass is 32.2. The Morgan fingerprint density at radius 2 is 1.75 bits per heavy atom. The predicted molar refractivity (Wildman–Crippen MR) is 113 cm³/mol. The van der Waals surface area contributed by atoms with E-state index in [9.17, 15) is 14.4 Å². The van der Waals surface area contributed by atoms with Gasteiger partial charge < -0.3 is 15.0 Å². The molecule has 28 heavy (non-hydrogen) atoms. The van der Waals surface area contributed by atoms with Gasteiger partial charge in [0, 0.05) is 25.8 Å². The van der Waals surface area contributed by atoms with E-state index in [0.29, 0.717) is 5.75 Å². The molecule has 0 bridgehead atoms. The van der Waals surface area contributed by atoms with Crippen molar-refractivity contribution in [2.24, 2.45) is 0 Å². The summed E-state index contributed by atoms with van der Waals surface area (Å²) >= 11 is 1.52. The molecule has 6 nitrogen and oxygen atoms in total. The molecule has 0 unspecified atom stereocenters. The Morgan fingerprint density at radius 1 is 1.14 bits per heavy atom. The fourth-order valence-electron chi connectivity index (χ4n) is 2.46. The highest BCUT2D eigenvalue weighted by Crippen LogP contribution is 2.21. The molecule has 0 aromatic heterocycles. The Kier molecular flexibility index (Phi) is 9.52. The van der Waals surface area contributed by atoms with Gasteiger partial charge in [0.25, 0.3) is 0 Å². The van der Waals surface area contributed by atoms with E-state index in [-0.39, 0.29) is 30.2 Å². The molecule has 7 heteroatoms. The number of amides is 2. The van der Waals surface area contributed by atoms with Crippen molar-refractivity contribution in [1.82, 2.24) is 10.2 Å². The monoisotopic (exact) mass is 408 g/mol. The Labute approximate surface area is 172 Å². The molecule has 0 aliphatic heterocycles. The van der Waals surface area contributed by atoms with Crippen LogP contribution in [0.1, 0.15) is 47.1 Å². The van der Waals surface area contributed by atoms with E-state index in [2.05, 4.69) is 5.32 Å². The third-order valence-corrected chi connectivity index (χ3v) is 5.12. The van der Waals surface area contributed by atoms with Crippen molar-refractivity contribution in [1.29, 1.82) is 0 Å². The molecule has 156 valence electrons. The van der Waals surface area contributed by atoms with Crippen LogP contribution in [0.5, 0.6) is 0 Å². The molecule has 0 saturated heterocycles. The van der Waals surface area contributed by atoms with E-state index in [1.165, 1.54) is 23.6 Å². The van der Waals surface area contributed by atoms with Crippen LogP contribution >= 0.6 is 11.8 Å². The third kappa shape index (κ3) is 8.78. The van der Waals surface area contributed by atoms with Crippen LogP contribution in [0, 0.1) is 0 Å². The molecular weight excluding hydrogens is 376 g/mol. The molecule has 2 amide bonds. The normalized spacial score (nSPS) is 13.4. The molecule has 0 heterocycles. The van der Waals surface area contributed by atoms with Crippen LogP contribution in [0.3, 0.4) is 0 Å². The maximum atomic E-state index is 13.0. The average Bonchev–Trinajstić information content (AvgIpc) is 2.61. The summed E-state index contributed by atoms with van der Waals surface area (Å²) in [4.78, 5) is 38.2. The largest absolute Gasteiger partial charge is 0.458 e. The number of carbonyl (C=O) groups excluding carboxylic acids is 3. The number of carbonyl (C=O) groups is 3. The molecule has 1 aromatic carbocycles. The summed E-state index contributed by atoms with van der Waals surface area (Å²) in [7, 11) is 0. The second-order valence-electron chi connectivity index (χ2n) is 7.66. The SMILES string of the molecule is CC(=O)NCCN(C(=O)[C@H](C)SCc1ccccc1)[C@H](C)C(=O)OC(C)(C)C. The molecule has 0 saturated carbocycles. The van der Waals surface area contributed by atoms with Crippen molar-refractivity contribution < 1.29 is 19.1 Å². The van der Waals surface area contributed by atoms with Gasteiger partial charge in [-0.1, -0.05) is 30.3 Å². The van der Waals surface area contributed by atoms with Crippen LogP contribution in [0.15, 0.2) is 30.3 Å². The van der Waals surface area contributed by atoms with Gasteiger partial charge in [-0.3, -0.25) is 9.59 Å². The lowest BCUT2D eigenvalue weighted by Gasteiger charge is -2.32. The molecule has 0 spiro atoms. The van der Waals surface area contributed by atoms with Crippen molar-refractivity contribution in [3.05, 3.63) is 35.9 Å². The molecule has 1 rings (SSSR count). The Morgan fingerprint density at radius 3 is 2.29 bits per heavy atom. The Bertz CT molecular complexity index is 658. The number of rotatable bonds is 9. The second kappa shape index (κ2) is 11.1. The van der Waals surface area contributed by atoms with Crippen molar-refractivity contribution >= 4 is 29.5 Å². The van der Waals surface area contributed by atoms with E-state index in [4.69, 9.17) is 4.74 Å². The first-order valence-corrected chi connectivity index (χ1v) is 10.5. The predicted octanol–water partition coefficient (Wildman–Crippen LogP) is 3.00. The molecule has 0 radical (unpaired) electrons. The summed E-state index contributed by atoms with van der Waals surface area (Å²) in [5.41, 5.74) is 0.503. The summed E-state index contributed by atoms with van der Waals surface area (Å²) in [6.45, 7) is 10.8. The maximum Gasteiger partial charge on any atom is 0.329 e. The van der Waals surface area contributed by atoms with Crippen LogP contribution in [-0.2, 0) is 24.9 Å². The summed E-state index contributed by atoms with van der Waals surface area (Å²) in [5.74, 6) is -0.0777. The number of hydrogen-bond donors (Lipinski definition) is 1. The zero-order valence-electron chi connectivity index (χ0n) is 17.7. The van der Waals surface area contributed by atoms with Crippen molar-refractivity contribution in [3.63, 3.8) is 0 Å². The fraction of sp³-hybridized carbons (Fsp3) is 0.571. The minimum absolute atomic E-state index is 0.148. The van der Waals surface area contributed by atoms with E-state index in [0.717, 1.165) is 5.56 Å². The average molecular weight is 409 g/mol. The fourth-order valence-corrected chi connectivity index (χ4v) is 3.37. The zero-order chi connectivity index (χ0) is 21.3. The minimum Gasteiger partial charge on any atom is -0.458 e. The van der Waals surface area contributed by atoms with Crippen LogP contribution in [-0.4, -0.2) is 52.7 Å². The van der Waals surface area contributed by atoms with Crippen molar-refractivity contribution in [3.8, 4) is 0 Å². The number of nitrogens with zero attached hydrogens (tertiary/aromatic N) is 1.